The standard InChI is InChI=1S/C11H24O6Si.C8H18O3Si.C7H16O2Si/c1-5-18(15-9-6-12-2,16-10-7-13-3)17-11-8-14-4;1-5-9-12(8-4,10-6-2)11-7-3;1-5-8-10(4,7-3)9-6-2/h5H,1,6-11H2,2-4H3;8H,4-7H2,1-3H3;7H,3,5-6H2,1-2,4H3. The smallest absolute Gasteiger partial charge is 0.392 e. The summed E-state index contributed by atoms with van der Waals surface area (Å²) in [4.78, 5) is 0. The Morgan fingerprint density at radius 1 is 0.425 bits per heavy atom. The number of rotatable bonds is 25. The summed E-state index contributed by atoms with van der Waals surface area (Å²) >= 11 is 0. The van der Waals surface area contributed by atoms with Gasteiger partial charge < -0.3 is 49.6 Å². The maximum Gasteiger partial charge on any atom is 0.529 e. The van der Waals surface area contributed by atoms with Crippen molar-refractivity contribution in [1.29, 1.82) is 0 Å². The molecule has 0 fully saturated rings. The van der Waals surface area contributed by atoms with Crippen molar-refractivity contribution in [3.8, 4) is 0 Å². The van der Waals surface area contributed by atoms with Crippen LogP contribution < -0.4 is 0 Å². The Labute approximate surface area is 247 Å². The van der Waals surface area contributed by atoms with Gasteiger partial charge in [-0.25, -0.2) is 0 Å². The molecule has 0 aliphatic rings. The van der Waals surface area contributed by atoms with Crippen molar-refractivity contribution in [2.75, 3.05) is 94.0 Å². The first-order chi connectivity index (χ1) is 19.2. The third-order valence-corrected chi connectivity index (χ3v) is 11.9. The number of methoxy groups -OCH3 is 3. The van der Waals surface area contributed by atoms with E-state index in [0.717, 1.165) is 0 Å². The van der Waals surface area contributed by atoms with Crippen LogP contribution >= 0.6 is 0 Å². The summed E-state index contributed by atoms with van der Waals surface area (Å²) in [6, 6.07) is 0. The molecule has 0 aromatic carbocycles. The number of hydrogen-bond acceptors (Lipinski definition) is 11. The lowest BCUT2D eigenvalue weighted by molar-refractivity contribution is 0.0232. The summed E-state index contributed by atoms with van der Waals surface area (Å²) in [6.07, 6.45) is 0. The Kier molecular flexibility index (Phi) is 32.8. The lowest BCUT2D eigenvalue weighted by Gasteiger charge is -2.26. The third-order valence-electron chi connectivity index (χ3n) is 4.54. The molecule has 0 bridgehead atoms. The van der Waals surface area contributed by atoms with Crippen molar-refractivity contribution in [1.82, 2.24) is 0 Å². The number of hydrogen-bond donors (Lipinski definition) is 0. The number of ether oxygens (including phenoxy) is 3. The molecule has 0 aromatic rings. The zero-order chi connectivity index (χ0) is 31.2. The molecule has 14 heteroatoms. The molecule has 0 aromatic heterocycles. The van der Waals surface area contributed by atoms with Crippen molar-refractivity contribution >= 4 is 26.2 Å². The second kappa shape index (κ2) is 29.9. The summed E-state index contributed by atoms with van der Waals surface area (Å²) in [6.45, 7) is 28.6. The largest absolute Gasteiger partial charge is 0.529 e. The van der Waals surface area contributed by atoms with Gasteiger partial charge in [-0.1, -0.05) is 13.2 Å². The van der Waals surface area contributed by atoms with Gasteiger partial charge in [0.1, 0.15) is 0 Å². The minimum atomic E-state index is -2.86. The first kappa shape index (κ1) is 43.9. The van der Waals surface area contributed by atoms with E-state index in [1.54, 1.807) is 38.4 Å². The molecule has 240 valence electrons. The summed E-state index contributed by atoms with van der Waals surface area (Å²) in [7, 11) is -2.49. The van der Waals surface area contributed by atoms with Crippen LogP contribution in [0.15, 0.2) is 36.8 Å². The molecule has 11 nitrogen and oxygen atoms in total. The second-order valence-corrected chi connectivity index (χ2v) is 15.5. The van der Waals surface area contributed by atoms with Gasteiger partial charge in [-0.3, -0.25) is 0 Å². The molecular formula is C26H58O11Si3. The lowest BCUT2D eigenvalue weighted by atomic mass is 10.8. The molecular weight excluding hydrogens is 573 g/mol. The Bertz CT molecular complexity index is 537. The zero-order valence-electron chi connectivity index (χ0n) is 26.6. The van der Waals surface area contributed by atoms with Gasteiger partial charge in [0.2, 0.25) is 0 Å². The highest BCUT2D eigenvalue weighted by Crippen LogP contribution is 2.12. The van der Waals surface area contributed by atoms with Crippen molar-refractivity contribution in [3.05, 3.63) is 36.8 Å². The van der Waals surface area contributed by atoms with Crippen LogP contribution in [-0.2, 0) is 49.6 Å². The molecule has 0 spiro atoms. The minimum Gasteiger partial charge on any atom is -0.392 e. The van der Waals surface area contributed by atoms with Gasteiger partial charge in [-0.2, -0.15) is 0 Å². The van der Waals surface area contributed by atoms with Crippen LogP contribution in [0.2, 0.25) is 6.55 Å². The maximum atomic E-state index is 5.65. The Balaban J connectivity index is -0.000000542. The maximum absolute atomic E-state index is 5.65. The van der Waals surface area contributed by atoms with Crippen LogP contribution in [0.4, 0.5) is 0 Å². The second-order valence-electron chi connectivity index (χ2n) is 7.52. The Morgan fingerprint density at radius 3 is 0.900 bits per heavy atom. The van der Waals surface area contributed by atoms with Gasteiger partial charge in [0.05, 0.1) is 39.6 Å². The Morgan fingerprint density at radius 2 is 0.700 bits per heavy atom. The van der Waals surface area contributed by atoms with E-state index in [2.05, 4.69) is 19.7 Å². The summed E-state index contributed by atoms with van der Waals surface area (Å²) < 4.78 is 58.9. The fourth-order valence-electron chi connectivity index (χ4n) is 2.74. The van der Waals surface area contributed by atoms with Crippen LogP contribution in [0, 0.1) is 0 Å². The highest BCUT2D eigenvalue weighted by molar-refractivity contribution is 6.71. The van der Waals surface area contributed by atoms with E-state index in [4.69, 9.17) is 49.6 Å². The fraction of sp³-hybridized carbons (Fsp3) is 0.769. The van der Waals surface area contributed by atoms with Crippen molar-refractivity contribution in [2.45, 2.75) is 41.2 Å². The van der Waals surface area contributed by atoms with Gasteiger partial charge in [-0.15, -0.1) is 6.58 Å². The molecule has 0 aliphatic heterocycles. The molecule has 0 heterocycles. The molecule has 0 radical (unpaired) electrons. The van der Waals surface area contributed by atoms with Crippen LogP contribution in [-0.4, -0.2) is 120 Å². The fourth-order valence-corrected chi connectivity index (χ4v) is 7.72. The normalized spacial score (nSPS) is 11.6. The van der Waals surface area contributed by atoms with E-state index in [1.165, 1.54) is 0 Å². The van der Waals surface area contributed by atoms with Gasteiger partial charge in [0, 0.05) is 54.4 Å². The van der Waals surface area contributed by atoms with Crippen molar-refractivity contribution in [2.24, 2.45) is 0 Å². The van der Waals surface area contributed by atoms with Gasteiger partial charge in [-0.05, 0) is 58.3 Å². The van der Waals surface area contributed by atoms with E-state index in [9.17, 15) is 0 Å². The Hall–Kier alpha value is -0.569. The SMILES string of the molecule is C=C[Si](C)(OCC)OCC.C=C[Si](OCC)(OCC)OCC.C=C[Si](OCCOC)(OCCOC)OCCOC. The molecule has 0 aliphatic carbocycles. The van der Waals surface area contributed by atoms with Crippen LogP contribution in [0.3, 0.4) is 0 Å². The third kappa shape index (κ3) is 23.0. The minimum absolute atomic E-state index is 0.398. The van der Waals surface area contributed by atoms with Gasteiger partial charge >= 0.3 is 26.2 Å². The molecule has 0 rings (SSSR count). The monoisotopic (exact) mass is 630 g/mol. The van der Waals surface area contributed by atoms with E-state index < -0.39 is 26.2 Å². The molecule has 0 atom stereocenters. The quantitative estimate of drug-likeness (QED) is 0.107. The predicted octanol–water partition coefficient (Wildman–Crippen LogP) is 4.26. The molecule has 0 N–H and O–H groups in total. The summed E-state index contributed by atoms with van der Waals surface area (Å²) in [5, 5.41) is 0. The molecule has 0 amide bonds. The first-order valence-corrected chi connectivity index (χ1v) is 19.7. The highest BCUT2D eigenvalue weighted by atomic mass is 28.4. The van der Waals surface area contributed by atoms with Gasteiger partial charge in [0.15, 0.2) is 0 Å². The topological polar surface area (TPSA) is 102 Å². The average molecular weight is 631 g/mol. The summed E-state index contributed by atoms with van der Waals surface area (Å²) in [5.41, 5.74) is 5.08. The average Bonchev–Trinajstić information content (AvgIpc) is 2.94. The van der Waals surface area contributed by atoms with Crippen LogP contribution in [0.25, 0.3) is 0 Å². The first-order valence-electron chi connectivity index (χ1n) is 13.7. The summed E-state index contributed by atoms with van der Waals surface area (Å²) in [5.74, 6) is 0. The van der Waals surface area contributed by atoms with Crippen molar-refractivity contribution in [3.63, 3.8) is 0 Å². The highest BCUT2D eigenvalue weighted by Gasteiger charge is 2.38. The van der Waals surface area contributed by atoms with E-state index in [1.807, 2.05) is 41.2 Å². The molecule has 0 unspecified atom stereocenters. The molecule has 0 saturated heterocycles. The van der Waals surface area contributed by atoms with Crippen molar-refractivity contribution < 1.29 is 49.6 Å². The van der Waals surface area contributed by atoms with E-state index >= 15 is 0 Å². The van der Waals surface area contributed by atoms with E-state index in [-0.39, 0.29) is 0 Å². The lowest BCUT2D eigenvalue weighted by Crippen LogP contribution is -2.46. The van der Waals surface area contributed by atoms with E-state index in [0.29, 0.717) is 72.7 Å². The zero-order valence-corrected chi connectivity index (χ0v) is 29.6. The van der Waals surface area contributed by atoms with Crippen LogP contribution in [0.1, 0.15) is 34.6 Å². The van der Waals surface area contributed by atoms with Crippen LogP contribution in [0.5, 0.6) is 0 Å². The predicted molar refractivity (Wildman–Crippen MR) is 165 cm³/mol. The van der Waals surface area contributed by atoms with Gasteiger partial charge in [0.25, 0.3) is 0 Å². The molecule has 0 saturated carbocycles. The molecule has 40 heavy (non-hydrogen) atoms.